The van der Waals surface area contributed by atoms with Gasteiger partial charge in [0.25, 0.3) is 0 Å². The highest BCUT2D eigenvalue weighted by Crippen LogP contribution is 2.49. The normalized spacial score (nSPS) is 33.1. The molecule has 0 bridgehead atoms. The van der Waals surface area contributed by atoms with Crippen LogP contribution in [-0.4, -0.2) is 17.8 Å². The number of rotatable bonds is 2. The average Bonchev–Trinajstić information content (AvgIpc) is 2.77. The summed E-state index contributed by atoms with van der Waals surface area (Å²) < 4.78 is 7.24. The van der Waals surface area contributed by atoms with Gasteiger partial charge >= 0.3 is 0 Å². The third-order valence-corrected chi connectivity index (χ3v) is 4.83. The first-order valence-corrected chi connectivity index (χ1v) is 7.39. The van der Waals surface area contributed by atoms with Crippen molar-refractivity contribution in [3.8, 4) is 0 Å². The fraction of sp³-hybridized carbons (Fsp3) is 0.375. The van der Waals surface area contributed by atoms with Gasteiger partial charge in [-0.25, -0.2) is 0 Å². The van der Waals surface area contributed by atoms with Crippen molar-refractivity contribution in [2.75, 3.05) is 6.61 Å². The van der Waals surface area contributed by atoms with Crippen LogP contribution in [0.3, 0.4) is 0 Å². The van der Waals surface area contributed by atoms with Crippen LogP contribution in [0.15, 0.2) is 52.5 Å². The van der Waals surface area contributed by atoms with Crippen LogP contribution in [0.5, 0.6) is 0 Å². The summed E-state index contributed by atoms with van der Waals surface area (Å²) in [5.74, 6) is 0.591. The molecule has 1 fully saturated rings. The van der Waals surface area contributed by atoms with E-state index in [-0.39, 0.29) is 24.7 Å². The molecule has 1 aromatic rings. The fourth-order valence-corrected chi connectivity index (χ4v) is 3.68. The van der Waals surface area contributed by atoms with E-state index in [0.29, 0.717) is 5.92 Å². The van der Waals surface area contributed by atoms with Crippen molar-refractivity contribution in [2.45, 2.75) is 19.1 Å². The number of hydrogen-bond acceptors (Lipinski definition) is 2. The van der Waals surface area contributed by atoms with Crippen molar-refractivity contribution < 1.29 is 9.84 Å². The average molecular weight is 321 g/mol. The highest BCUT2D eigenvalue weighted by atomic mass is 79.9. The lowest BCUT2D eigenvalue weighted by Gasteiger charge is -2.26. The quantitative estimate of drug-likeness (QED) is 0.901. The summed E-state index contributed by atoms with van der Waals surface area (Å²) in [6, 6.07) is 8.17. The first-order valence-electron chi connectivity index (χ1n) is 6.60. The van der Waals surface area contributed by atoms with Crippen LogP contribution in [-0.2, 0) is 4.74 Å². The van der Waals surface area contributed by atoms with Gasteiger partial charge in [-0.15, -0.1) is 0 Å². The zero-order valence-electron chi connectivity index (χ0n) is 10.8. The van der Waals surface area contributed by atoms with E-state index in [1.807, 2.05) is 30.4 Å². The van der Waals surface area contributed by atoms with Crippen LogP contribution < -0.4 is 0 Å². The number of allylic oxidation sites excluding steroid dienone is 2. The number of halogens is 1. The molecule has 100 valence electrons. The van der Waals surface area contributed by atoms with E-state index in [4.69, 9.17) is 4.74 Å². The van der Waals surface area contributed by atoms with Crippen LogP contribution in [0.4, 0.5) is 0 Å². The first kappa shape index (κ1) is 13.1. The molecule has 3 heteroatoms. The van der Waals surface area contributed by atoms with E-state index < -0.39 is 0 Å². The van der Waals surface area contributed by atoms with Crippen molar-refractivity contribution in [1.29, 1.82) is 0 Å². The summed E-state index contributed by atoms with van der Waals surface area (Å²) in [6.07, 6.45) is 6.44. The van der Waals surface area contributed by atoms with E-state index >= 15 is 0 Å². The molecule has 0 radical (unpaired) electrons. The van der Waals surface area contributed by atoms with Gasteiger partial charge in [0.05, 0.1) is 18.8 Å². The summed E-state index contributed by atoms with van der Waals surface area (Å²) in [5.41, 5.74) is 2.23. The van der Waals surface area contributed by atoms with E-state index in [1.54, 1.807) is 0 Å². The highest BCUT2D eigenvalue weighted by Gasteiger charge is 2.44. The molecule has 1 heterocycles. The van der Waals surface area contributed by atoms with Crippen LogP contribution >= 0.6 is 15.9 Å². The van der Waals surface area contributed by atoms with Gasteiger partial charge < -0.3 is 9.84 Å². The van der Waals surface area contributed by atoms with Crippen molar-refractivity contribution in [2.24, 2.45) is 11.8 Å². The standard InChI is InChI=1S/C16H17BrO2/c1-10-12-7-4-5-11(9-18)15(12)16(19-10)13-6-2-3-8-14(13)17/h2-8,10,12,15-16,18H,9H2,1H3/t10-,12+,15+,16+/m0/s1. The summed E-state index contributed by atoms with van der Waals surface area (Å²) in [6.45, 7) is 2.21. The molecule has 1 saturated heterocycles. The maximum Gasteiger partial charge on any atom is 0.0912 e. The van der Waals surface area contributed by atoms with E-state index in [2.05, 4.69) is 35.0 Å². The van der Waals surface area contributed by atoms with Gasteiger partial charge in [-0.05, 0) is 24.1 Å². The lowest BCUT2D eigenvalue weighted by Crippen LogP contribution is -2.22. The minimum absolute atomic E-state index is 0.0129. The van der Waals surface area contributed by atoms with Gasteiger partial charge in [-0.3, -0.25) is 0 Å². The molecule has 3 rings (SSSR count). The highest BCUT2D eigenvalue weighted by molar-refractivity contribution is 9.10. The smallest absolute Gasteiger partial charge is 0.0912 e. The lowest BCUT2D eigenvalue weighted by molar-refractivity contribution is 0.0423. The largest absolute Gasteiger partial charge is 0.392 e. The number of fused-ring (bicyclic) bond motifs is 1. The molecule has 4 atom stereocenters. The second-order valence-corrected chi connectivity index (χ2v) is 6.03. The van der Waals surface area contributed by atoms with E-state index in [1.165, 1.54) is 0 Å². The van der Waals surface area contributed by atoms with Crippen LogP contribution in [0.25, 0.3) is 0 Å². The van der Waals surface area contributed by atoms with Gasteiger partial charge in [0.2, 0.25) is 0 Å². The van der Waals surface area contributed by atoms with Gasteiger partial charge in [0.15, 0.2) is 0 Å². The monoisotopic (exact) mass is 320 g/mol. The molecule has 0 spiro atoms. The Morgan fingerprint density at radius 1 is 1.32 bits per heavy atom. The van der Waals surface area contributed by atoms with Crippen LogP contribution in [0.2, 0.25) is 0 Å². The third-order valence-electron chi connectivity index (χ3n) is 4.11. The van der Waals surface area contributed by atoms with Crippen molar-refractivity contribution in [3.05, 3.63) is 58.1 Å². The number of benzene rings is 1. The summed E-state index contributed by atoms with van der Waals surface area (Å²) in [4.78, 5) is 0. The predicted octanol–water partition coefficient (Wildman–Crippen LogP) is 3.63. The number of aliphatic hydroxyl groups is 1. The molecule has 1 aliphatic carbocycles. The number of aliphatic hydroxyl groups excluding tert-OH is 1. The molecular formula is C16H17BrO2. The number of hydrogen-bond donors (Lipinski definition) is 1. The Hall–Kier alpha value is -0.900. The molecule has 0 aromatic heterocycles. The van der Waals surface area contributed by atoms with Gasteiger partial charge in [-0.1, -0.05) is 52.4 Å². The molecule has 0 saturated carbocycles. The fourth-order valence-electron chi connectivity index (χ4n) is 3.17. The Kier molecular flexibility index (Phi) is 3.61. The molecule has 2 nitrogen and oxygen atoms in total. The predicted molar refractivity (Wildman–Crippen MR) is 78.7 cm³/mol. The molecule has 2 aliphatic rings. The van der Waals surface area contributed by atoms with Gasteiger partial charge in [-0.2, -0.15) is 0 Å². The molecular weight excluding hydrogens is 304 g/mol. The Morgan fingerprint density at radius 3 is 2.84 bits per heavy atom. The van der Waals surface area contributed by atoms with Crippen molar-refractivity contribution in [1.82, 2.24) is 0 Å². The molecule has 1 aromatic carbocycles. The summed E-state index contributed by atoms with van der Waals surface area (Å²) in [7, 11) is 0. The van der Waals surface area contributed by atoms with Crippen LogP contribution in [0, 0.1) is 11.8 Å². The second kappa shape index (κ2) is 5.23. The molecule has 1 aliphatic heterocycles. The lowest BCUT2D eigenvalue weighted by atomic mass is 9.77. The SMILES string of the molecule is C[C@@H]1O[C@H](c2ccccc2Br)[C@@H]2C(CO)=CC=C[C@@H]21. The van der Waals surface area contributed by atoms with Crippen LogP contribution in [0.1, 0.15) is 18.6 Å². The zero-order chi connectivity index (χ0) is 13.4. The Balaban J connectivity index is 2.01. The minimum atomic E-state index is 0.0129. The van der Waals surface area contributed by atoms with Crippen molar-refractivity contribution >= 4 is 15.9 Å². The minimum Gasteiger partial charge on any atom is -0.392 e. The molecule has 19 heavy (non-hydrogen) atoms. The Bertz CT molecular complexity index is 535. The maximum absolute atomic E-state index is 9.59. The number of ether oxygens (including phenoxy) is 1. The van der Waals surface area contributed by atoms with E-state index in [9.17, 15) is 5.11 Å². The van der Waals surface area contributed by atoms with Gasteiger partial charge in [0, 0.05) is 16.3 Å². The topological polar surface area (TPSA) is 29.5 Å². The summed E-state index contributed by atoms with van der Waals surface area (Å²) in [5, 5.41) is 9.59. The molecule has 0 unspecified atom stereocenters. The van der Waals surface area contributed by atoms with Gasteiger partial charge in [0.1, 0.15) is 0 Å². The zero-order valence-corrected chi connectivity index (χ0v) is 12.4. The second-order valence-electron chi connectivity index (χ2n) is 5.17. The third kappa shape index (κ3) is 2.20. The first-order chi connectivity index (χ1) is 9.22. The summed E-state index contributed by atoms with van der Waals surface area (Å²) >= 11 is 3.60. The van der Waals surface area contributed by atoms with Crippen molar-refractivity contribution in [3.63, 3.8) is 0 Å². The van der Waals surface area contributed by atoms with E-state index in [0.717, 1.165) is 15.6 Å². The Morgan fingerprint density at radius 2 is 2.11 bits per heavy atom. The molecule has 0 amide bonds. The maximum atomic E-state index is 9.59. The molecule has 1 N–H and O–H groups in total. The Labute approximate surface area is 121 Å².